The fourth-order valence-corrected chi connectivity index (χ4v) is 0.467. The summed E-state index contributed by atoms with van der Waals surface area (Å²) < 4.78 is 0. The fourth-order valence-electron chi connectivity index (χ4n) is 0.117. The Morgan fingerprint density at radius 1 is 1.25 bits per heavy atom. The lowest BCUT2D eigenvalue weighted by Crippen LogP contribution is -1.79. The molecule has 0 bridgehead atoms. The van der Waals surface area contributed by atoms with E-state index in [4.69, 9.17) is 0 Å². The van der Waals surface area contributed by atoms with E-state index in [0.717, 1.165) is 0 Å². The predicted molar refractivity (Wildman–Crippen MR) is 40.2 cm³/mol. The van der Waals surface area contributed by atoms with Gasteiger partial charge in [0.05, 0.1) is 10.2 Å². The highest BCUT2D eigenvalue weighted by Crippen LogP contribution is 1.82. The number of carbonyl (C=O) groups excluding carboxylic acids is 1. The molecule has 0 aromatic heterocycles. The Morgan fingerprint density at radius 2 is 1.62 bits per heavy atom. The van der Waals surface area contributed by atoms with Crippen LogP contribution in [0.1, 0.15) is 0 Å². The van der Waals surface area contributed by atoms with Gasteiger partial charge in [-0.25, -0.2) is 4.79 Å². The Morgan fingerprint density at radius 3 is 1.88 bits per heavy atom. The molecule has 0 atom stereocenters. The predicted octanol–water partition coefficient (Wildman–Crippen LogP) is 1.95. The van der Waals surface area contributed by atoms with Gasteiger partial charge in [0.2, 0.25) is 0 Å². The number of hydrogen-bond donors (Lipinski definition) is 0. The summed E-state index contributed by atoms with van der Waals surface area (Å²) in [6, 6.07) is -0.543. The molecule has 0 unspecified atom stereocenters. The van der Waals surface area contributed by atoms with Gasteiger partial charge in [0.1, 0.15) is 0 Å². The van der Waals surface area contributed by atoms with Gasteiger partial charge in [-0.2, -0.15) is 9.98 Å². The molecular formula is C3H2Br2N2O. The molecular weight excluding hydrogens is 240 g/mol. The first kappa shape index (κ1) is 7.97. The number of urea groups is 1. The summed E-state index contributed by atoms with van der Waals surface area (Å²) in [5, 5.41) is 2.41. The van der Waals surface area contributed by atoms with Crippen molar-refractivity contribution in [3.05, 3.63) is 0 Å². The Kier molecular flexibility index (Phi) is 5.09. The van der Waals surface area contributed by atoms with Crippen LogP contribution in [-0.2, 0) is 0 Å². The van der Waals surface area contributed by atoms with Crippen molar-refractivity contribution in [3.8, 4) is 0 Å². The summed E-state index contributed by atoms with van der Waals surface area (Å²) in [5.74, 6) is 0. The molecule has 0 aromatic carbocycles. The highest BCUT2D eigenvalue weighted by Gasteiger charge is 1.84. The van der Waals surface area contributed by atoms with E-state index in [1.807, 2.05) is 0 Å². The van der Waals surface area contributed by atoms with E-state index in [9.17, 15) is 4.79 Å². The quantitative estimate of drug-likeness (QED) is 0.598. The van der Waals surface area contributed by atoms with E-state index < -0.39 is 6.03 Å². The fraction of sp³-hybridized carbons (Fsp3) is 0. The zero-order valence-electron chi connectivity index (χ0n) is 3.71. The molecule has 5 heteroatoms. The third-order valence-electron chi connectivity index (χ3n) is 0.318. The van der Waals surface area contributed by atoms with Crippen LogP contribution in [0.15, 0.2) is 9.98 Å². The number of hydrogen-bond acceptors (Lipinski definition) is 1. The van der Waals surface area contributed by atoms with Crippen LogP contribution in [0.4, 0.5) is 4.79 Å². The van der Waals surface area contributed by atoms with Gasteiger partial charge in [0, 0.05) is 0 Å². The van der Waals surface area contributed by atoms with Crippen molar-refractivity contribution in [1.29, 1.82) is 0 Å². The maximum Gasteiger partial charge on any atom is 0.367 e. The molecule has 0 rings (SSSR count). The second-order valence-corrected chi connectivity index (χ2v) is 1.55. The zero-order valence-corrected chi connectivity index (χ0v) is 6.89. The number of rotatable bonds is 0. The van der Waals surface area contributed by atoms with Crippen LogP contribution in [0.2, 0.25) is 0 Å². The summed E-state index contributed by atoms with van der Waals surface area (Å²) in [5.41, 5.74) is 0. The summed E-state index contributed by atoms with van der Waals surface area (Å²) >= 11 is 5.64. The molecule has 3 nitrogen and oxygen atoms in total. The molecule has 0 radical (unpaired) electrons. The molecule has 2 amide bonds. The molecule has 0 aromatic rings. The molecule has 0 saturated heterocycles. The molecule has 0 spiro atoms. The van der Waals surface area contributed by atoms with Gasteiger partial charge in [0.25, 0.3) is 0 Å². The summed E-state index contributed by atoms with van der Waals surface area (Å²) in [6.45, 7) is 0. The first-order valence-corrected chi connectivity index (χ1v) is 3.44. The van der Waals surface area contributed by atoms with Gasteiger partial charge >= 0.3 is 6.03 Å². The monoisotopic (exact) mass is 240 g/mol. The van der Waals surface area contributed by atoms with Gasteiger partial charge in [-0.15, -0.1) is 0 Å². The van der Waals surface area contributed by atoms with Gasteiger partial charge in [-0.3, -0.25) is 0 Å². The molecule has 0 N–H and O–H groups in total. The molecule has 0 fully saturated rings. The second kappa shape index (κ2) is 5.11. The normalized spacial score (nSPS) is 11.2. The van der Waals surface area contributed by atoms with Crippen molar-refractivity contribution in [2.24, 2.45) is 9.98 Å². The van der Waals surface area contributed by atoms with E-state index in [2.05, 4.69) is 41.8 Å². The number of carbonyl (C=O) groups is 1. The van der Waals surface area contributed by atoms with Crippen molar-refractivity contribution in [2.75, 3.05) is 0 Å². The number of aliphatic imine (C=N–C) groups is 2. The van der Waals surface area contributed by atoms with Crippen molar-refractivity contribution >= 4 is 48.1 Å². The average Bonchev–Trinajstić information content (AvgIpc) is 1.68. The third-order valence-corrected chi connectivity index (χ3v) is 0.728. The summed E-state index contributed by atoms with van der Waals surface area (Å²) in [4.78, 5) is 16.7. The summed E-state index contributed by atoms with van der Waals surface area (Å²) in [6.07, 6.45) is 0. The number of nitrogens with zero attached hydrogens (tertiary/aromatic N) is 2. The molecule has 0 heterocycles. The van der Waals surface area contributed by atoms with Gasteiger partial charge < -0.3 is 0 Å². The molecule has 0 saturated carbocycles. The van der Waals surface area contributed by atoms with Crippen LogP contribution < -0.4 is 0 Å². The minimum Gasteiger partial charge on any atom is -0.244 e. The topological polar surface area (TPSA) is 41.8 Å². The van der Waals surface area contributed by atoms with Crippen LogP contribution in [0, 0.1) is 0 Å². The van der Waals surface area contributed by atoms with E-state index in [1.165, 1.54) is 10.2 Å². The van der Waals surface area contributed by atoms with Crippen LogP contribution >= 0.6 is 31.9 Å². The van der Waals surface area contributed by atoms with E-state index in [0.29, 0.717) is 0 Å². The van der Waals surface area contributed by atoms with Crippen LogP contribution in [-0.4, -0.2) is 16.3 Å². The lowest BCUT2D eigenvalue weighted by atomic mass is 11.1. The smallest absolute Gasteiger partial charge is 0.244 e. The number of amides is 2. The molecule has 0 aliphatic heterocycles. The molecule has 0 aliphatic rings. The maximum absolute atomic E-state index is 10.2. The van der Waals surface area contributed by atoms with Gasteiger partial charge in [-0.1, -0.05) is 0 Å². The van der Waals surface area contributed by atoms with Crippen LogP contribution in [0.25, 0.3) is 0 Å². The van der Waals surface area contributed by atoms with Crippen molar-refractivity contribution < 1.29 is 4.79 Å². The van der Waals surface area contributed by atoms with Crippen molar-refractivity contribution in [3.63, 3.8) is 0 Å². The van der Waals surface area contributed by atoms with Crippen LogP contribution in [0.3, 0.4) is 0 Å². The number of halogens is 2. The zero-order chi connectivity index (χ0) is 6.41. The minimum atomic E-state index is -0.543. The highest BCUT2D eigenvalue weighted by atomic mass is 79.9. The van der Waals surface area contributed by atoms with Gasteiger partial charge in [0.15, 0.2) is 0 Å². The minimum absolute atomic E-state index is 0.543. The molecule has 8 heavy (non-hydrogen) atoms. The highest BCUT2D eigenvalue weighted by molar-refractivity contribution is 9.17. The molecule has 0 aliphatic carbocycles. The first-order valence-electron chi connectivity index (χ1n) is 1.60. The SMILES string of the molecule is O=C(N=CBr)N=CBr. The third kappa shape index (κ3) is 4.14. The molecule has 44 valence electrons. The second-order valence-electron chi connectivity index (χ2n) is 0.736. The lowest BCUT2D eigenvalue weighted by molar-refractivity contribution is 0.257. The van der Waals surface area contributed by atoms with E-state index in [1.54, 1.807) is 0 Å². The Hall–Kier alpha value is -0.0300. The Labute approximate surface area is 63.2 Å². The largest absolute Gasteiger partial charge is 0.367 e. The van der Waals surface area contributed by atoms with Crippen molar-refractivity contribution in [2.45, 2.75) is 0 Å². The summed E-state index contributed by atoms with van der Waals surface area (Å²) in [7, 11) is 0. The van der Waals surface area contributed by atoms with Crippen LogP contribution in [0.5, 0.6) is 0 Å². The van der Waals surface area contributed by atoms with E-state index in [-0.39, 0.29) is 0 Å². The average molecular weight is 242 g/mol. The standard InChI is InChI=1S/C3H2Br2N2O/c4-1-6-3(8)7-2-5/h1-2H. The Balaban J connectivity index is 3.66. The van der Waals surface area contributed by atoms with E-state index >= 15 is 0 Å². The maximum atomic E-state index is 10.2. The van der Waals surface area contributed by atoms with Crippen molar-refractivity contribution in [1.82, 2.24) is 0 Å². The lowest BCUT2D eigenvalue weighted by Gasteiger charge is -1.73. The van der Waals surface area contributed by atoms with Gasteiger partial charge in [-0.05, 0) is 31.9 Å². The first-order chi connectivity index (χ1) is 3.81. The Bertz CT molecular complexity index is 117.